The molecule has 0 unspecified atom stereocenters. The minimum Gasteiger partial charge on any atom is -0.356 e. The molecule has 0 fully saturated rings. The van der Waals surface area contributed by atoms with Crippen LogP contribution < -0.4 is 10.6 Å². The van der Waals surface area contributed by atoms with E-state index in [0.717, 1.165) is 56.5 Å². The van der Waals surface area contributed by atoms with E-state index in [2.05, 4.69) is 73.8 Å². The normalized spacial score (nSPS) is 11.9. The zero-order valence-corrected chi connectivity index (χ0v) is 17.1. The van der Waals surface area contributed by atoms with Crippen LogP contribution in [0.1, 0.15) is 37.8 Å². The molecule has 28 heavy (non-hydrogen) atoms. The summed E-state index contributed by atoms with van der Waals surface area (Å²) in [6.07, 6.45) is 5.47. The third-order valence-corrected chi connectivity index (χ3v) is 4.93. The number of nitrogens with zero attached hydrogens (tertiary/aromatic N) is 5. The fraction of sp³-hybridized carbons (Fsp3) is 0.476. The van der Waals surface area contributed by atoms with Crippen molar-refractivity contribution in [2.45, 2.75) is 46.2 Å². The van der Waals surface area contributed by atoms with Crippen molar-refractivity contribution < 1.29 is 0 Å². The second kappa shape index (κ2) is 9.92. The van der Waals surface area contributed by atoms with Crippen LogP contribution in [0.3, 0.4) is 0 Å². The molecule has 0 bridgehead atoms. The lowest BCUT2D eigenvalue weighted by Gasteiger charge is -2.13. The Hall–Kier alpha value is -2.83. The van der Waals surface area contributed by atoms with Crippen molar-refractivity contribution in [1.82, 2.24) is 30.0 Å². The van der Waals surface area contributed by atoms with E-state index in [4.69, 9.17) is 0 Å². The molecular formula is C21H31N7. The van der Waals surface area contributed by atoms with Crippen molar-refractivity contribution in [2.24, 2.45) is 12.0 Å². The summed E-state index contributed by atoms with van der Waals surface area (Å²) in [6.45, 7) is 7.41. The average Bonchev–Trinajstić information content (AvgIpc) is 3.27. The highest BCUT2D eigenvalue weighted by molar-refractivity contribution is 5.80. The number of aryl methyl sites for hydroxylation is 2. The maximum atomic E-state index is 4.69. The van der Waals surface area contributed by atoms with Gasteiger partial charge in [-0.05, 0) is 37.3 Å². The summed E-state index contributed by atoms with van der Waals surface area (Å²) in [5.41, 5.74) is 1.29. The molecule has 7 heteroatoms. The molecule has 2 N–H and O–H groups in total. The maximum absolute atomic E-state index is 4.69. The summed E-state index contributed by atoms with van der Waals surface area (Å²) in [7, 11) is 1.97. The number of para-hydroxylation sites is 1. The SMILES string of the molecule is CCCCNC(=NCc1nnc(C)n1C)NCCCn1ccc2ccccc21. The Morgan fingerprint density at radius 3 is 2.61 bits per heavy atom. The van der Waals surface area contributed by atoms with Gasteiger partial charge in [-0.25, -0.2) is 4.99 Å². The van der Waals surface area contributed by atoms with Crippen LogP contribution in [0.25, 0.3) is 10.9 Å². The highest BCUT2D eigenvalue weighted by Gasteiger charge is 2.05. The number of aliphatic imine (C=N–C) groups is 1. The molecule has 0 saturated heterocycles. The lowest BCUT2D eigenvalue weighted by atomic mass is 10.2. The van der Waals surface area contributed by atoms with E-state index in [1.165, 1.54) is 10.9 Å². The number of guanidine groups is 1. The number of unbranched alkanes of at least 4 members (excludes halogenated alkanes) is 1. The van der Waals surface area contributed by atoms with Crippen molar-refractivity contribution in [3.63, 3.8) is 0 Å². The number of aromatic nitrogens is 4. The molecule has 7 nitrogen and oxygen atoms in total. The summed E-state index contributed by atoms with van der Waals surface area (Å²) in [5.74, 6) is 2.61. The molecule has 0 amide bonds. The first-order chi connectivity index (χ1) is 13.7. The number of nitrogens with one attached hydrogen (secondary N) is 2. The third kappa shape index (κ3) is 5.12. The van der Waals surface area contributed by atoms with Gasteiger partial charge in [-0.1, -0.05) is 31.5 Å². The highest BCUT2D eigenvalue weighted by atomic mass is 15.3. The lowest BCUT2D eigenvalue weighted by molar-refractivity contribution is 0.635. The molecule has 2 aromatic heterocycles. The largest absolute Gasteiger partial charge is 0.356 e. The van der Waals surface area contributed by atoms with Crippen LogP contribution in [-0.4, -0.2) is 38.4 Å². The molecular weight excluding hydrogens is 350 g/mol. The Morgan fingerprint density at radius 2 is 1.86 bits per heavy atom. The number of hydrogen-bond donors (Lipinski definition) is 2. The number of fused-ring (bicyclic) bond motifs is 1. The molecule has 0 atom stereocenters. The molecule has 1 aromatic carbocycles. The third-order valence-electron chi connectivity index (χ3n) is 4.93. The summed E-state index contributed by atoms with van der Waals surface area (Å²) in [4.78, 5) is 4.69. The molecule has 2 heterocycles. The molecule has 0 aliphatic heterocycles. The van der Waals surface area contributed by atoms with E-state index in [1.54, 1.807) is 0 Å². The van der Waals surface area contributed by atoms with Gasteiger partial charge >= 0.3 is 0 Å². The van der Waals surface area contributed by atoms with Gasteiger partial charge < -0.3 is 19.8 Å². The van der Waals surface area contributed by atoms with E-state index < -0.39 is 0 Å². The molecule has 0 spiro atoms. The van der Waals surface area contributed by atoms with E-state index in [-0.39, 0.29) is 0 Å². The number of hydrogen-bond acceptors (Lipinski definition) is 3. The maximum Gasteiger partial charge on any atom is 0.191 e. The minimum absolute atomic E-state index is 0.515. The van der Waals surface area contributed by atoms with Crippen LogP contribution in [0.2, 0.25) is 0 Å². The van der Waals surface area contributed by atoms with Gasteiger partial charge in [0, 0.05) is 38.4 Å². The lowest BCUT2D eigenvalue weighted by Crippen LogP contribution is -2.38. The van der Waals surface area contributed by atoms with Gasteiger partial charge in [-0.2, -0.15) is 0 Å². The van der Waals surface area contributed by atoms with Crippen LogP contribution in [0.15, 0.2) is 41.5 Å². The molecule has 3 aromatic rings. The second-order valence-corrected chi connectivity index (χ2v) is 7.02. The topological polar surface area (TPSA) is 72.1 Å². The van der Waals surface area contributed by atoms with Gasteiger partial charge in [0.15, 0.2) is 11.8 Å². The van der Waals surface area contributed by atoms with Gasteiger partial charge in [0.2, 0.25) is 0 Å². The fourth-order valence-corrected chi connectivity index (χ4v) is 3.09. The Kier molecular flexibility index (Phi) is 7.06. The Morgan fingerprint density at radius 1 is 1.07 bits per heavy atom. The van der Waals surface area contributed by atoms with Crippen LogP contribution >= 0.6 is 0 Å². The second-order valence-electron chi connectivity index (χ2n) is 7.02. The van der Waals surface area contributed by atoms with Gasteiger partial charge in [0.25, 0.3) is 0 Å². The monoisotopic (exact) mass is 381 g/mol. The predicted molar refractivity (Wildman–Crippen MR) is 114 cm³/mol. The summed E-state index contributed by atoms with van der Waals surface area (Å²) >= 11 is 0. The van der Waals surface area contributed by atoms with Crippen LogP contribution in [0, 0.1) is 6.92 Å². The molecule has 0 saturated carbocycles. The van der Waals surface area contributed by atoms with Crippen LogP contribution in [-0.2, 0) is 20.1 Å². The van der Waals surface area contributed by atoms with E-state index in [9.17, 15) is 0 Å². The summed E-state index contributed by atoms with van der Waals surface area (Å²) < 4.78 is 4.28. The first-order valence-corrected chi connectivity index (χ1v) is 10.1. The standard InChI is InChI=1S/C21H31N7/c1-4-5-12-22-21(24-16-20-26-25-17(2)27(20)3)23-13-8-14-28-15-11-18-9-6-7-10-19(18)28/h6-7,9-11,15H,4-5,8,12-14,16H2,1-3H3,(H2,22,23,24). The molecule has 0 radical (unpaired) electrons. The quantitative estimate of drug-likeness (QED) is 0.340. The number of benzene rings is 1. The van der Waals surface area contributed by atoms with Crippen molar-refractivity contribution in [1.29, 1.82) is 0 Å². The molecule has 0 aliphatic rings. The van der Waals surface area contributed by atoms with Crippen molar-refractivity contribution in [3.05, 3.63) is 48.2 Å². The van der Waals surface area contributed by atoms with Gasteiger partial charge in [-0.3, -0.25) is 0 Å². The predicted octanol–water partition coefficient (Wildman–Crippen LogP) is 3.00. The molecule has 3 rings (SSSR count). The molecule has 150 valence electrons. The Labute approximate surface area is 166 Å². The fourth-order valence-electron chi connectivity index (χ4n) is 3.09. The van der Waals surface area contributed by atoms with Gasteiger partial charge in [-0.15, -0.1) is 10.2 Å². The first kappa shape index (κ1) is 19.9. The number of rotatable bonds is 9. The van der Waals surface area contributed by atoms with E-state index in [0.29, 0.717) is 6.54 Å². The van der Waals surface area contributed by atoms with Crippen LogP contribution in [0.4, 0.5) is 0 Å². The zero-order chi connectivity index (χ0) is 19.8. The minimum atomic E-state index is 0.515. The zero-order valence-electron chi connectivity index (χ0n) is 17.1. The Bertz CT molecular complexity index is 907. The van der Waals surface area contributed by atoms with Gasteiger partial charge in [0.1, 0.15) is 12.4 Å². The van der Waals surface area contributed by atoms with E-state index >= 15 is 0 Å². The van der Waals surface area contributed by atoms with Crippen molar-refractivity contribution >= 4 is 16.9 Å². The van der Waals surface area contributed by atoms with Crippen molar-refractivity contribution in [2.75, 3.05) is 13.1 Å². The highest BCUT2D eigenvalue weighted by Crippen LogP contribution is 2.15. The Balaban J connectivity index is 1.53. The first-order valence-electron chi connectivity index (χ1n) is 10.1. The summed E-state index contributed by atoms with van der Waals surface area (Å²) in [6, 6.07) is 10.7. The molecule has 0 aliphatic carbocycles. The summed E-state index contributed by atoms with van der Waals surface area (Å²) in [5, 5.41) is 16.4. The average molecular weight is 382 g/mol. The van der Waals surface area contributed by atoms with Gasteiger partial charge in [0.05, 0.1) is 0 Å². The van der Waals surface area contributed by atoms with Crippen LogP contribution in [0.5, 0.6) is 0 Å². The smallest absolute Gasteiger partial charge is 0.191 e. The van der Waals surface area contributed by atoms with E-state index in [1.807, 2.05) is 18.5 Å². The van der Waals surface area contributed by atoms with Crippen molar-refractivity contribution in [3.8, 4) is 0 Å².